The molecule has 2 fully saturated rings. The smallest absolute Gasteiger partial charge is 0.223 e. The maximum absolute atomic E-state index is 12.1. The number of hydrogen-bond acceptors (Lipinski definition) is 3. The first kappa shape index (κ1) is 13.6. The van der Waals surface area contributed by atoms with Crippen molar-refractivity contribution in [1.82, 2.24) is 9.80 Å². The van der Waals surface area contributed by atoms with Crippen molar-refractivity contribution in [2.75, 3.05) is 39.4 Å². The highest BCUT2D eigenvalue weighted by atomic mass is 16.5. The zero-order valence-corrected chi connectivity index (χ0v) is 11.8. The number of likely N-dealkylation sites (tertiary alicyclic amines) is 1. The molecule has 2 aliphatic heterocycles. The molecule has 1 unspecified atom stereocenters. The Morgan fingerprint density at radius 1 is 1.30 bits per heavy atom. The van der Waals surface area contributed by atoms with Gasteiger partial charge in [-0.1, -0.05) is 18.2 Å². The van der Waals surface area contributed by atoms with Gasteiger partial charge in [0, 0.05) is 32.6 Å². The lowest BCUT2D eigenvalue weighted by Crippen LogP contribution is -2.42. The molecule has 1 amide bonds. The number of amides is 1. The fraction of sp³-hybridized carbons (Fsp3) is 0.562. The van der Waals surface area contributed by atoms with E-state index >= 15 is 0 Å². The minimum absolute atomic E-state index is 0.237. The number of rotatable bonds is 4. The Labute approximate surface area is 120 Å². The first-order valence-electron chi connectivity index (χ1n) is 7.40. The van der Waals surface area contributed by atoms with Gasteiger partial charge in [-0.15, -0.1) is 0 Å². The monoisotopic (exact) mass is 273 g/mol. The molecule has 1 aromatic carbocycles. The number of carbonyl (C=O) groups excluding carboxylic acids is 1. The Kier molecular flexibility index (Phi) is 4.33. The predicted octanol–water partition coefficient (Wildman–Crippen LogP) is 1.48. The molecule has 2 heterocycles. The average molecular weight is 273 g/mol. The zero-order valence-electron chi connectivity index (χ0n) is 11.8. The van der Waals surface area contributed by atoms with Crippen molar-refractivity contribution < 1.29 is 9.53 Å². The van der Waals surface area contributed by atoms with E-state index in [1.165, 1.54) is 5.56 Å². The van der Waals surface area contributed by atoms with Crippen molar-refractivity contribution in [3.8, 4) is 0 Å². The molecule has 20 heavy (non-hydrogen) atoms. The van der Waals surface area contributed by atoms with E-state index in [9.17, 15) is 4.79 Å². The average Bonchev–Trinajstić information content (AvgIpc) is 2.88. The summed E-state index contributed by atoms with van der Waals surface area (Å²) in [6.45, 7) is 5.34. The van der Waals surface area contributed by atoms with Crippen LogP contribution >= 0.6 is 0 Å². The summed E-state index contributed by atoms with van der Waals surface area (Å²) in [6.07, 6.45) is 1.60. The van der Waals surface area contributed by atoms with Gasteiger partial charge in [-0.25, -0.2) is 0 Å². The lowest BCUT2D eigenvalue weighted by atomic mass is 10.0. The third kappa shape index (κ3) is 3.02. The molecule has 0 aromatic heterocycles. The molecule has 0 spiro atoms. The van der Waals surface area contributed by atoms with Crippen LogP contribution in [0.3, 0.4) is 0 Å². The summed E-state index contributed by atoms with van der Waals surface area (Å²) in [7, 11) is 0. The molecule has 4 nitrogen and oxygen atoms in total. The van der Waals surface area contributed by atoms with Crippen molar-refractivity contribution in [3.05, 3.63) is 35.9 Å². The van der Waals surface area contributed by atoms with Gasteiger partial charge in [-0.05, 0) is 24.1 Å². The van der Waals surface area contributed by atoms with Crippen LogP contribution in [0.15, 0.2) is 24.3 Å². The topological polar surface area (TPSA) is 32.8 Å². The Morgan fingerprint density at radius 2 is 2.15 bits per heavy atom. The van der Waals surface area contributed by atoms with Crippen LogP contribution in [0.2, 0.25) is 0 Å². The number of carbonyl (C=O) groups is 1. The highest BCUT2D eigenvalue weighted by molar-refractivity contribution is 5.79. The summed E-state index contributed by atoms with van der Waals surface area (Å²) in [6, 6.07) is 11.4. The maximum Gasteiger partial charge on any atom is 0.223 e. The highest BCUT2D eigenvalue weighted by Gasteiger charge is 2.31. The Morgan fingerprint density at radius 3 is 2.90 bits per heavy atom. The summed E-state index contributed by atoms with van der Waals surface area (Å²) >= 11 is 0. The van der Waals surface area contributed by atoms with E-state index < -0.39 is 0 Å². The summed E-state index contributed by atoms with van der Waals surface area (Å²) in [5.74, 6) is 0.284. The SMILES string of the molecule is O=C1CCC(c2c[c]ccc2)N1CCN1CCOCC1. The van der Waals surface area contributed by atoms with Gasteiger partial charge in [0.1, 0.15) is 0 Å². The van der Waals surface area contributed by atoms with Crippen LogP contribution in [0.25, 0.3) is 0 Å². The van der Waals surface area contributed by atoms with E-state index in [4.69, 9.17) is 4.74 Å². The summed E-state index contributed by atoms with van der Waals surface area (Å²) in [5, 5.41) is 0. The van der Waals surface area contributed by atoms with Crippen molar-refractivity contribution >= 4 is 5.91 Å². The van der Waals surface area contributed by atoms with Crippen LogP contribution < -0.4 is 0 Å². The second-order valence-corrected chi connectivity index (χ2v) is 5.43. The molecule has 2 saturated heterocycles. The molecule has 0 N–H and O–H groups in total. The number of hydrogen-bond donors (Lipinski definition) is 0. The van der Waals surface area contributed by atoms with Crippen molar-refractivity contribution in [3.63, 3.8) is 0 Å². The van der Waals surface area contributed by atoms with Gasteiger partial charge in [0.25, 0.3) is 0 Å². The quantitative estimate of drug-likeness (QED) is 0.833. The Balaban J connectivity index is 1.62. The molecule has 0 saturated carbocycles. The molecular formula is C16H21N2O2. The van der Waals surface area contributed by atoms with E-state index in [0.717, 1.165) is 45.8 Å². The third-order valence-electron chi connectivity index (χ3n) is 4.20. The van der Waals surface area contributed by atoms with Crippen LogP contribution in [0.4, 0.5) is 0 Å². The Hall–Kier alpha value is -1.39. The molecule has 3 rings (SSSR count). The van der Waals surface area contributed by atoms with E-state index in [1.54, 1.807) is 0 Å². The normalized spacial score (nSPS) is 24.3. The summed E-state index contributed by atoms with van der Waals surface area (Å²) in [4.78, 5) is 16.5. The van der Waals surface area contributed by atoms with Gasteiger partial charge in [-0.3, -0.25) is 9.69 Å². The van der Waals surface area contributed by atoms with Crippen molar-refractivity contribution in [1.29, 1.82) is 0 Å². The van der Waals surface area contributed by atoms with Gasteiger partial charge in [0.2, 0.25) is 5.91 Å². The van der Waals surface area contributed by atoms with Crippen LogP contribution in [-0.4, -0.2) is 55.1 Å². The van der Waals surface area contributed by atoms with E-state index in [-0.39, 0.29) is 11.9 Å². The van der Waals surface area contributed by atoms with Crippen molar-refractivity contribution in [2.45, 2.75) is 18.9 Å². The third-order valence-corrected chi connectivity index (χ3v) is 4.20. The second-order valence-electron chi connectivity index (χ2n) is 5.43. The number of nitrogens with zero attached hydrogens (tertiary/aromatic N) is 2. The van der Waals surface area contributed by atoms with Crippen LogP contribution in [0.5, 0.6) is 0 Å². The summed E-state index contributed by atoms with van der Waals surface area (Å²) in [5.41, 5.74) is 1.21. The van der Waals surface area contributed by atoms with Crippen LogP contribution in [-0.2, 0) is 9.53 Å². The lowest BCUT2D eigenvalue weighted by Gasteiger charge is -2.31. The first-order valence-corrected chi connectivity index (χ1v) is 7.40. The molecule has 2 aliphatic rings. The van der Waals surface area contributed by atoms with Gasteiger partial charge < -0.3 is 9.64 Å². The number of morpholine rings is 1. The second kappa shape index (κ2) is 6.37. The predicted molar refractivity (Wildman–Crippen MR) is 76.2 cm³/mol. The van der Waals surface area contributed by atoms with Crippen LogP contribution in [0, 0.1) is 6.07 Å². The molecule has 1 atom stereocenters. The molecule has 1 aromatic rings. The zero-order chi connectivity index (χ0) is 13.8. The molecule has 107 valence electrons. The number of benzene rings is 1. The fourth-order valence-corrected chi connectivity index (χ4v) is 3.05. The van der Waals surface area contributed by atoms with E-state index in [0.29, 0.717) is 6.42 Å². The largest absolute Gasteiger partial charge is 0.379 e. The Bertz CT molecular complexity index is 443. The van der Waals surface area contributed by atoms with Gasteiger partial charge in [0.05, 0.1) is 19.3 Å². The lowest BCUT2D eigenvalue weighted by molar-refractivity contribution is -0.129. The van der Waals surface area contributed by atoms with Gasteiger partial charge >= 0.3 is 0 Å². The van der Waals surface area contributed by atoms with E-state index in [2.05, 4.69) is 17.0 Å². The molecule has 0 bridgehead atoms. The van der Waals surface area contributed by atoms with Gasteiger partial charge in [-0.2, -0.15) is 0 Å². The first-order chi connectivity index (χ1) is 9.84. The standard InChI is InChI=1S/C16H21N2O2/c19-16-7-6-15(14-4-2-1-3-5-14)18(16)9-8-17-10-12-20-13-11-17/h1-2,4-5,15H,6-13H2. The van der Waals surface area contributed by atoms with Crippen molar-refractivity contribution in [2.24, 2.45) is 0 Å². The van der Waals surface area contributed by atoms with Gasteiger partial charge in [0.15, 0.2) is 0 Å². The molecule has 0 aliphatic carbocycles. The molecule has 4 heteroatoms. The highest BCUT2D eigenvalue weighted by Crippen LogP contribution is 2.32. The fourth-order valence-electron chi connectivity index (χ4n) is 3.05. The van der Waals surface area contributed by atoms with Crippen LogP contribution in [0.1, 0.15) is 24.4 Å². The molecule has 1 radical (unpaired) electrons. The summed E-state index contributed by atoms with van der Waals surface area (Å²) < 4.78 is 5.36. The minimum Gasteiger partial charge on any atom is -0.379 e. The minimum atomic E-state index is 0.237. The van der Waals surface area contributed by atoms with E-state index in [1.807, 2.05) is 23.1 Å². The number of ether oxygens (including phenoxy) is 1. The maximum atomic E-state index is 12.1. The molecular weight excluding hydrogens is 252 g/mol.